The van der Waals surface area contributed by atoms with Gasteiger partial charge in [-0.25, -0.2) is 0 Å². The predicted molar refractivity (Wildman–Crippen MR) is 70.6 cm³/mol. The predicted octanol–water partition coefficient (Wildman–Crippen LogP) is 2.81. The molecule has 1 fully saturated rings. The molecule has 0 aliphatic heterocycles. The van der Waals surface area contributed by atoms with Crippen molar-refractivity contribution in [3.63, 3.8) is 0 Å². The van der Waals surface area contributed by atoms with Crippen LogP contribution < -0.4 is 4.74 Å². The highest BCUT2D eigenvalue weighted by molar-refractivity contribution is 5.35. The second-order valence-electron chi connectivity index (χ2n) is 5.18. The first-order chi connectivity index (χ1) is 8.64. The van der Waals surface area contributed by atoms with Gasteiger partial charge in [0.15, 0.2) is 0 Å². The van der Waals surface area contributed by atoms with Gasteiger partial charge in [0.25, 0.3) is 0 Å². The Labute approximate surface area is 108 Å². The standard InChI is InChI=1S/C15H22O3/c1-2-13(16)12-7-3-4-8-14(12)18-11-15(17)9-5-6-10-15/h3-4,7-8,13,16-17H,2,5-6,9-11H2,1H3. The van der Waals surface area contributed by atoms with Crippen molar-refractivity contribution < 1.29 is 14.9 Å². The maximum absolute atomic E-state index is 10.3. The van der Waals surface area contributed by atoms with Crippen molar-refractivity contribution in [2.45, 2.75) is 50.7 Å². The lowest BCUT2D eigenvalue weighted by Gasteiger charge is -2.23. The number of hydrogen-bond donors (Lipinski definition) is 2. The number of benzene rings is 1. The summed E-state index contributed by atoms with van der Waals surface area (Å²) in [5.74, 6) is 0.687. The van der Waals surface area contributed by atoms with E-state index in [-0.39, 0.29) is 0 Å². The van der Waals surface area contributed by atoms with Crippen LogP contribution in [0.4, 0.5) is 0 Å². The molecule has 0 spiro atoms. The molecule has 0 bridgehead atoms. The van der Waals surface area contributed by atoms with Crippen molar-refractivity contribution in [3.05, 3.63) is 29.8 Å². The van der Waals surface area contributed by atoms with Crippen molar-refractivity contribution >= 4 is 0 Å². The van der Waals surface area contributed by atoms with E-state index in [0.717, 1.165) is 31.2 Å². The lowest BCUT2D eigenvalue weighted by atomic mass is 10.0. The van der Waals surface area contributed by atoms with E-state index in [2.05, 4.69) is 0 Å². The van der Waals surface area contributed by atoms with Gasteiger partial charge in [0.05, 0.1) is 11.7 Å². The van der Waals surface area contributed by atoms with Crippen molar-refractivity contribution in [1.29, 1.82) is 0 Å². The smallest absolute Gasteiger partial charge is 0.125 e. The molecule has 100 valence electrons. The Morgan fingerprint density at radius 3 is 2.61 bits per heavy atom. The van der Waals surface area contributed by atoms with Crippen LogP contribution in [-0.2, 0) is 0 Å². The first-order valence-electron chi connectivity index (χ1n) is 6.77. The van der Waals surface area contributed by atoms with Gasteiger partial charge < -0.3 is 14.9 Å². The Morgan fingerprint density at radius 1 is 1.28 bits per heavy atom. The molecule has 1 aromatic rings. The number of aliphatic hydroxyl groups excluding tert-OH is 1. The Balaban J connectivity index is 2.04. The van der Waals surface area contributed by atoms with Crippen molar-refractivity contribution in [2.75, 3.05) is 6.61 Å². The van der Waals surface area contributed by atoms with Crippen LogP contribution in [0.5, 0.6) is 5.75 Å². The lowest BCUT2D eigenvalue weighted by molar-refractivity contribution is 0.000339. The van der Waals surface area contributed by atoms with E-state index in [1.54, 1.807) is 0 Å². The summed E-state index contributed by atoms with van der Waals surface area (Å²) in [5, 5.41) is 20.2. The van der Waals surface area contributed by atoms with Crippen LogP contribution in [-0.4, -0.2) is 22.4 Å². The topological polar surface area (TPSA) is 49.7 Å². The molecule has 18 heavy (non-hydrogen) atoms. The van der Waals surface area contributed by atoms with Gasteiger partial charge >= 0.3 is 0 Å². The summed E-state index contributed by atoms with van der Waals surface area (Å²) in [6.07, 6.45) is 3.92. The summed E-state index contributed by atoms with van der Waals surface area (Å²) in [4.78, 5) is 0. The number of ether oxygens (including phenoxy) is 1. The molecule has 1 saturated carbocycles. The lowest BCUT2D eigenvalue weighted by Crippen LogP contribution is -2.32. The number of aliphatic hydroxyl groups is 2. The largest absolute Gasteiger partial charge is 0.490 e. The first kappa shape index (κ1) is 13.4. The highest BCUT2D eigenvalue weighted by Gasteiger charge is 2.32. The van der Waals surface area contributed by atoms with Gasteiger partial charge in [0.1, 0.15) is 12.4 Å². The van der Waals surface area contributed by atoms with E-state index >= 15 is 0 Å². The zero-order valence-electron chi connectivity index (χ0n) is 10.9. The summed E-state index contributed by atoms with van der Waals surface area (Å²) in [6.45, 7) is 2.26. The molecule has 3 nitrogen and oxygen atoms in total. The molecule has 0 radical (unpaired) electrons. The second-order valence-corrected chi connectivity index (χ2v) is 5.18. The van der Waals surface area contributed by atoms with E-state index in [4.69, 9.17) is 4.74 Å². The van der Waals surface area contributed by atoms with Gasteiger partial charge in [0.2, 0.25) is 0 Å². The molecule has 1 atom stereocenters. The average Bonchev–Trinajstić information content (AvgIpc) is 2.83. The summed E-state index contributed by atoms with van der Waals surface area (Å²) in [5.41, 5.74) is 0.131. The maximum atomic E-state index is 10.3. The first-order valence-corrected chi connectivity index (χ1v) is 6.77. The molecule has 1 unspecified atom stereocenters. The van der Waals surface area contributed by atoms with Crippen LogP contribution in [0.15, 0.2) is 24.3 Å². The second kappa shape index (κ2) is 5.72. The number of hydrogen-bond acceptors (Lipinski definition) is 3. The van der Waals surface area contributed by atoms with Gasteiger partial charge in [-0.15, -0.1) is 0 Å². The molecular weight excluding hydrogens is 228 g/mol. The van der Waals surface area contributed by atoms with Gasteiger partial charge in [-0.2, -0.15) is 0 Å². The summed E-state index contributed by atoms with van der Waals surface area (Å²) >= 11 is 0. The molecule has 2 N–H and O–H groups in total. The van der Waals surface area contributed by atoms with Crippen LogP contribution in [0.2, 0.25) is 0 Å². The third-order valence-corrected chi connectivity index (χ3v) is 3.70. The maximum Gasteiger partial charge on any atom is 0.125 e. The Hall–Kier alpha value is -1.06. The highest BCUT2D eigenvalue weighted by Crippen LogP contribution is 2.32. The molecule has 2 rings (SSSR count). The minimum atomic E-state index is -0.676. The third kappa shape index (κ3) is 3.03. The van der Waals surface area contributed by atoms with Crippen LogP contribution in [0.1, 0.15) is 50.7 Å². The van der Waals surface area contributed by atoms with Crippen LogP contribution in [0, 0.1) is 0 Å². The fourth-order valence-corrected chi connectivity index (χ4v) is 2.50. The van der Waals surface area contributed by atoms with E-state index in [1.165, 1.54) is 0 Å². The number of para-hydroxylation sites is 1. The average molecular weight is 250 g/mol. The molecule has 1 aliphatic carbocycles. The SMILES string of the molecule is CCC(O)c1ccccc1OCC1(O)CCCC1. The fourth-order valence-electron chi connectivity index (χ4n) is 2.50. The molecule has 0 heterocycles. The molecule has 3 heteroatoms. The van der Waals surface area contributed by atoms with Crippen LogP contribution in [0.25, 0.3) is 0 Å². The summed E-state index contributed by atoms with van der Waals surface area (Å²) < 4.78 is 5.74. The van der Waals surface area contributed by atoms with Gasteiger partial charge in [0, 0.05) is 5.56 Å². The van der Waals surface area contributed by atoms with Crippen molar-refractivity contribution in [3.8, 4) is 5.75 Å². The highest BCUT2D eigenvalue weighted by atomic mass is 16.5. The van der Waals surface area contributed by atoms with Crippen molar-refractivity contribution in [2.24, 2.45) is 0 Å². The monoisotopic (exact) mass is 250 g/mol. The van der Waals surface area contributed by atoms with E-state index in [1.807, 2.05) is 31.2 Å². The summed E-state index contributed by atoms with van der Waals surface area (Å²) in [7, 11) is 0. The van der Waals surface area contributed by atoms with E-state index in [0.29, 0.717) is 18.8 Å². The Morgan fingerprint density at radius 2 is 1.94 bits per heavy atom. The zero-order chi connectivity index (χ0) is 13.0. The van der Waals surface area contributed by atoms with Gasteiger partial charge in [-0.3, -0.25) is 0 Å². The molecule has 1 aliphatic rings. The third-order valence-electron chi connectivity index (χ3n) is 3.70. The molecular formula is C15H22O3. The van der Waals surface area contributed by atoms with Crippen LogP contribution in [0.3, 0.4) is 0 Å². The Kier molecular flexibility index (Phi) is 4.25. The normalized spacial score (nSPS) is 19.7. The quantitative estimate of drug-likeness (QED) is 0.845. The van der Waals surface area contributed by atoms with E-state index < -0.39 is 11.7 Å². The van der Waals surface area contributed by atoms with Crippen molar-refractivity contribution in [1.82, 2.24) is 0 Å². The number of rotatable bonds is 5. The fraction of sp³-hybridized carbons (Fsp3) is 0.600. The summed E-state index contributed by atoms with van der Waals surface area (Å²) in [6, 6.07) is 7.51. The molecule has 0 saturated heterocycles. The minimum absolute atomic E-state index is 0.320. The Bertz CT molecular complexity index is 383. The minimum Gasteiger partial charge on any atom is -0.490 e. The molecule has 0 aromatic heterocycles. The van der Waals surface area contributed by atoms with E-state index in [9.17, 15) is 10.2 Å². The molecule has 0 amide bonds. The zero-order valence-corrected chi connectivity index (χ0v) is 10.9. The van der Waals surface area contributed by atoms with Crippen LogP contribution >= 0.6 is 0 Å². The molecule has 1 aromatic carbocycles. The van der Waals surface area contributed by atoms with Gasteiger partial charge in [-0.05, 0) is 25.3 Å². The van der Waals surface area contributed by atoms with Gasteiger partial charge in [-0.1, -0.05) is 38.0 Å².